The van der Waals surface area contributed by atoms with Gasteiger partial charge in [-0.2, -0.15) is 0 Å². The van der Waals surface area contributed by atoms with Crippen LogP contribution in [-0.2, 0) is 0 Å². The molecule has 5 heteroatoms. The number of hydrogen-bond donors (Lipinski definition) is 1. The van der Waals surface area contributed by atoms with Crippen molar-refractivity contribution in [3.8, 4) is 17.1 Å². The summed E-state index contributed by atoms with van der Waals surface area (Å²) in [6, 6.07) is 7.49. The largest absolute Gasteiger partial charge is 0.496 e. The molecule has 1 aromatic carbocycles. The molecule has 0 aliphatic heterocycles. The molecule has 0 fully saturated rings. The second-order valence-electron chi connectivity index (χ2n) is 3.13. The number of aromatic nitrogens is 2. The molecule has 1 N–H and O–H groups in total. The lowest BCUT2D eigenvalue weighted by Crippen LogP contribution is -1.90. The number of benzene rings is 1. The van der Waals surface area contributed by atoms with Crippen molar-refractivity contribution >= 4 is 28.1 Å². The van der Waals surface area contributed by atoms with E-state index in [0.29, 0.717) is 4.64 Å². The van der Waals surface area contributed by atoms with E-state index in [0.717, 1.165) is 21.6 Å². The van der Waals surface area contributed by atoms with Crippen LogP contribution in [0.1, 0.15) is 0 Å². The summed E-state index contributed by atoms with van der Waals surface area (Å²) in [6.45, 7) is 0. The Hall–Kier alpha value is -1.20. The Balaban J connectivity index is 2.49. The lowest BCUT2D eigenvalue weighted by atomic mass is 10.2. The average Bonchev–Trinajstić information content (AvgIpc) is 2.29. The van der Waals surface area contributed by atoms with Crippen LogP contribution in [0, 0.1) is 4.64 Å². The van der Waals surface area contributed by atoms with Crippen LogP contribution in [0.5, 0.6) is 5.75 Å². The molecule has 0 aliphatic rings. The molecule has 0 radical (unpaired) electrons. The minimum Gasteiger partial charge on any atom is -0.496 e. The highest BCUT2D eigenvalue weighted by Gasteiger charge is 2.04. The van der Waals surface area contributed by atoms with E-state index < -0.39 is 0 Å². The molecule has 0 saturated heterocycles. The van der Waals surface area contributed by atoms with Gasteiger partial charge in [0.2, 0.25) is 0 Å². The number of nitrogens with one attached hydrogen (secondary N) is 1. The van der Waals surface area contributed by atoms with Crippen LogP contribution < -0.4 is 4.74 Å². The third-order valence-electron chi connectivity index (χ3n) is 2.10. The topological polar surface area (TPSA) is 37.9 Å². The molecular formula is C11H9BrN2OS. The number of methoxy groups -OCH3 is 1. The van der Waals surface area contributed by atoms with Gasteiger partial charge in [-0.1, -0.05) is 12.2 Å². The molecule has 0 spiro atoms. The zero-order valence-electron chi connectivity index (χ0n) is 8.53. The second-order valence-corrected chi connectivity index (χ2v) is 4.43. The van der Waals surface area contributed by atoms with E-state index in [-0.39, 0.29) is 0 Å². The van der Waals surface area contributed by atoms with Crippen LogP contribution in [0.15, 0.2) is 34.9 Å². The Morgan fingerprint density at radius 3 is 2.81 bits per heavy atom. The molecule has 0 amide bonds. The predicted octanol–water partition coefficient (Wildman–Crippen LogP) is 3.58. The molecule has 0 bridgehead atoms. The van der Waals surface area contributed by atoms with Gasteiger partial charge in [0.15, 0.2) is 0 Å². The molecule has 82 valence electrons. The molecule has 1 heterocycles. The number of hydrogen-bond acceptors (Lipinski definition) is 3. The molecule has 0 saturated carbocycles. The maximum Gasteiger partial charge on any atom is 0.138 e. The van der Waals surface area contributed by atoms with Crippen LogP contribution in [0.3, 0.4) is 0 Å². The summed E-state index contributed by atoms with van der Waals surface area (Å²) in [5.41, 5.74) is 0.958. The van der Waals surface area contributed by atoms with Crippen molar-refractivity contribution in [2.75, 3.05) is 7.11 Å². The Bertz CT molecular complexity index is 568. The summed E-state index contributed by atoms with van der Waals surface area (Å²) >= 11 is 8.48. The smallest absolute Gasteiger partial charge is 0.138 e. The van der Waals surface area contributed by atoms with Crippen molar-refractivity contribution in [3.05, 3.63) is 39.6 Å². The lowest BCUT2D eigenvalue weighted by molar-refractivity contribution is 0.412. The van der Waals surface area contributed by atoms with Crippen LogP contribution >= 0.6 is 28.1 Å². The van der Waals surface area contributed by atoms with E-state index in [1.165, 1.54) is 0 Å². The normalized spacial score (nSPS) is 10.1. The Morgan fingerprint density at radius 2 is 2.19 bits per heavy atom. The minimum atomic E-state index is 0.664. The van der Waals surface area contributed by atoms with Gasteiger partial charge in [-0.05, 0) is 40.2 Å². The summed E-state index contributed by atoms with van der Waals surface area (Å²) in [5, 5.41) is 0. The number of ether oxygens (including phenoxy) is 1. The van der Waals surface area contributed by atoms with Crippen molar-refractivity contribution < 1.29 is 4.74 Å². The van der Waals surface area contributed by atoms with Crippen LogP contribution in [0.2, 0.25) is 0 Å². The van der Waals surface area contributed by atoms with Gasteiger partial charge in [-0.25, -0.2) is 4.98 Å². The molecule has 3 nitrogen and oxygen atoms in total. The van der Waals surface area contributed by atoms with E-state index in [4.69, 9.17) is 17.0 Å². The van der Waals surface area contributed by atoms with E-state index in [2.05, 4.69) is 25.9 Å². The van der Waals surface area contributed by atoms with Crippen LogP contribution in [0.4, 0.5) is 0 Å². The first-order valence-corrected chi connectivity index (χ1v) is 5.80. The third kappa shape index (κ3) is 2.31. The Morgan fingerprint density at radius 1 is 1.38 bits per heavy atom. The number of halogens is 1. The highest BCUT2D eigenvalue weighted by molar-refractivity contribution is 9.10. The highest BCUT2D eigenvalue weighted by Crippen LogP contribution is 2.28. The molecule has 16 heavy (non-hydrogen) atoms. The molecule has 1 aromatic heterocycles. The fraction of sp³-hybridized carbons (Fsp3) is 0.0909. The van der Waals surface area contributed by atoms with E-state index in [9.17, 15) is 0 Å². The van der Waals surface area contributed by atoms with Crippen molar-refractivity contribution in [2.45, 2.75) is 0 Å². The SMILES string of the molecule is COc1ccc(-c2nccc(=S)[nH]2)cc1Br. The van der Waals surface area contributed by atoms with Gasteiger partial charge in [-0.3, -0.25) is 0 Å². The lowest BCUT2D eigenvalue weighted by Gasteiger charge is -2.05. The summed E-state index contributed by atoms with van der Waals surface area (Å²) in [4.78, 5) is 7.25. The van der Waals surface area contributed by atoms with Crippen molar-refractivity contribution in [1.82, 2.24) is 9.97 Å². The number of H-pyrrole nitrogens is 1. The average molecular weight is 297 g/mol. The fourth-order valence-electron chi connectivity index (χ4n) is 1.33. The fourth-order valence-corrected chi connectivity index (χ4v) is 2.03. The number of nitrogens with zero attached hydrogens (tertiary/aromatic N) is 1. The molecule has 0 unspecified atom stereocenters. The summed E-state index contributed by atoms with van der Waals surface area (Å²) in [6.07, 6.45) is 1.69. The quantitative estimate of drug-likeness (QED) is 0.861. The molecule has 2 aromatic rings. The maximum absolute atomic E-state index is 5.16. The highest BCUT2D eigenvalue weighted by atomic mass is 79.9. The van der Waals surface area contributed by atoms with E-state index in [1.807, 2.05) is 18.2 Å². The van der Waals surface area contributed by atoms with Gasteiger partial charge in [0.05, 0.1) is 11.6 Å². The zero-order valence-corrected chi connectivity index (χ0v) is 10.9. The van der Waals surface area contributed by atoms with Crippen molar-refractivity contribution in [2.24, 2.45) is 0 Å². The van der Waals surface area contributed by atoms with E-state index >= 15 is 0 Å². The Kier molecular flexibility index (Phi) is 3.36. The first-order valence-electron chi connectivity index (χ1n) is 4.60. The summed E-state index contributed by atoms with van der Waals surface area (Å²) in [7, 11) is 1.63. The minimum absolute atomic E-state index is 0.664. The predicted molar refractivity (Wildman–Crippen MR) is 69.1 cm³/mol. The van der Waals surface area contributed by atoms with Crippen molar-refractivity contribution in [1.29, 1.82) is 0 Å². The summed E-state index contributed by atoms with van der Waals surface area (Å²) in [5.74, 6) is 1.54. The third-order valence-corrected chi connectivity index (χ3v) is 2.95. The van der Waals surface area contributed by atoms with Crippen LogP contribution in [-0.4, -0.2) is 17.1 Å². The number of rotatable bonds is 2. The Labute approximate surface area is 107 Å². The maximum atomic E-state index is 5.16. The van der Waals surface area contributed by atoms with Gasteiger partial charge in [0.25, 0.3) is 0 Å². The molecule has 2 rings (SSSR count). The van der Waals surface area contributed by atoms with Crippen LogP contribution in [0.25, 0.3) is 11.4 Å². The molecular weight excluding hydrogens is 288 g/mol. The van der Waals surface area contributed by atoms with Gasteiger partial charge in [0, 0.05) is 11.8 Å². The first-order chi connectivity index (χ1) is 7.70. The molecule has 0 atom stereocenters. The molecule has 0 aliphatic carbocycles. The van der Waals surface area contributed by atoms with Crippen molar-refractivity contribution in [3.63, 3.8) is 0 Å². The second kappa shape index (κ2) is 4.76. The van der Waals surface area contributed by atoms with E-state index in [1.54, 1.807) is 19.4 Å². The number of aromatic amines is 1. The summed E-state index contributed by atoms with van der Waals surface area (Å²) < 4.78 is 6.71. The van der Waals surface area contributed by atoms with Gasteiger partial charge in [0.1, 0.15) is 16.2 Å². The van der Waals surface area contributed by atoms with Gasteiger partial charge < -0.3 is 9.72 Å². The van der Waals surface area contributed by atoms with Gasteiger partial charge in [-0.15, -0.1) is 0 Å². The first kappa shape index (κ1) is 11.3. The van der Waals surface area contributed by atoms with Gasteiger partial charge >= 0.3 is 0 Å². The zero-order chi connectivity index (χ0) is 11.5. The standard InChI is InChI=1S/C11H9BrN2OS/c1-15-9-3-2-7(6-8(9)12)11-13-5-4-10(16)14-11/h2-6H,1H3,(H,13,14,16). The monoisotopic (exact) mass is 296 g/mol.